The minimum absolute atomic E-state index is 0.0164. The topological polar surface area (TPSA) is 67.4 Å². The summed E-state index contributed by atoms with van der Waals surface area (Å²) in [4.78, 5) is 24.2. The second kappa shape index (κ2) is 9.93. The van der Waals surface area contributed by atoms with Gasteiger partial charge in [-0.3, -0.25) is 9.59 Å². The van der Waals surface area contributed by atoms with Gasteiger partial charge in [0.05, 0.1) is 0 Å². The predicted molar refractivity (Wildman–Crippen MR) is 114 cm³/mol. The zero-order valence-electron chi connectivity index (χ0n) is 17.3. The van der Waals surface area contributed by atoms with Crippen molar-refractivity contribution in [1.82, 2.24) is 0 Å². The molecule has 2 N–H and O–H groups in total. The highest BCUT2D eigenvalue weighted by molar-refractivity contribution is 5.95. The summed E-state index contributed by atoms with van der Waals surface area (Å²) in [5.74, 6) is 1.17. The van der Waals surface area contributed by atoms with Crippen molar-refractivity contribution in [3.05, 3.63) is 54.1 Å². The summed E-state index contributed by atoms with van der Waals surface area (Å²) in [6, 6.07) is 14.8. The van der Waals surface area contributed by atoms with E-state index in [0.717, 1.165) is 0 Å². The van der Waals surface area contributed by atoms with Crippen LogP contribution in [0, 0.1) is 5.92 Å². The summed E-state index contributed by atoms with van der Waals surface area (Å²) in [5, 5.41) is 5.67. The second-order valence-corrected chi connectivity index (χ2v) is 7.70. The number of amides is 2. The van der Waals surface area contributed by atoms with E-state index in [1.165, 1.54) is 5.56 Å². The molecule has 2 rings (SSSR count). The van der Waals surface area contributed by atoms with Crippen molar-refractivity contribution < 1.29 is 14.3 Å². The molecule has 150 valence electrons. The molecule has 2 aromatic rings. The Morgan fingerprint density at radius 2 is 1.36 bits per heavy atom. The lowest BCUT2D eigenvalue weighted by Gasteiger charge is -2.16. The number of benzene rings is 2. The van der Waals surface area contributed by atoms with Gasteiger partial charge in [-0.25, -0.2) is 0 Å². The highest BCUT2D eigenvalue weighted by Crippen LogP contribution is 2.20. The third-order valence-corrected chi connectivity index (χ3v) is 4.26. The molecule has 1 atom stereocenters. The number of carbonyl (C=O) groups is 2. The molecule has 5 nitrogen and oxygen atoms in total. The maximum atomic E-state index is 12.4. The Morgan fingerprint density at radius 3 is 1.86 bits per heavy atom. The van der Waals surface area contributed by atoms with Crippen LogP contribution in [0.25, 0.3) is 0 Å². The van der Waals surface area contributed by atoms with Gasteiger partial charge in [-0.1, -0.05) is 39.8 Å². The molecular formula is C23H30N2O3. The quantitative estimate of drug-likeness (QED) is 0.659. The van der Waals surface area contributed by atoms with Crippen LogP contribution in [-0.4, -0.2) is 17.9 Å². The summed E-state index contributed by atoms with van der Waals surface area (Å²) in [5.41, 5.74) is 2.58. The van der Waals surface area contributed by atoms with E-state index >= 15 is 0 Å². The van der Waals surface area contributed by atoms with Gasteiger partial charge in [-0.15, -0.1) is 0 Å². The van der Waals surface area contributed by atoms with E-state index in [1.807, 2.05) is 38.1 Å². The first kappa shape index (κ1) is 21.5. The number of rotatable bonds is 8. The highest BCUT2D eigenvalue weighted by atomic mass is 16.5. The Hall–Kier alpha value is -2.82. The third kappa shape index (κ3) is 6.72. The van der Waals surface area contributed by atoms with E-state index in [0.29, 0.717) is 35.4 Å². The predicted octanol–water partition coefficient (Wildman–Crippen LogP) is 5.20. The van der Waals surface area contributed by atoms with Gasteiger partial charge < -0.3 is 15.4 Å². The van der Waals surface area contributed by atoms with E-state index in [4.69, 9.17) is 4.74 Å². The zero-order valence-corrected chi connectivity index (χ0v) is 17.3. The monoisotopic (exact) mass is 382 g/mol. The van der Waals surface area contributed by atoms with E-state index in [-0.39, 0.29) is 11.8 Å². The molecule has 0 aliphatic rings. The van der Waals surface area contributed by atoms with Crippen LogP contribution in [0.5, 0.6) is 5.75 Å². The number of ether oxygens (including phenoxy) is 1. The van der Waals surface area contributed by atoms with Crippen LogP contribution < -0.4 is 15.4 Å². The van der Waals surface area contributed by atoms with E-state index in [1.54, 1.807) is 31.2 Å². The van der Waals surface area contributed by atoms with Gasteiger partial charge in [-0.05, 0) is 60.7 Å². The van der Waals surface area contributed by atoms with E-state index in [2.05, 4.69) is 24.5 Å². The molecular weight excluding hydrogens is 352 g/mol. The largest absolute Gasteiger partial charge is 0.481 e. The number of carbonyl (C=O) groups excluding carboxylic acids is 2. The minimum atomic E-state index is -0.629. The Labute approximate surface area is 167 Å². The Morgan fingerprint density at radius 1 is 0.821 bits per heavy atom. The third-order valence-electron chi connectivity index (χ3n) is 4.26. The van der Waals surface area contributed by atoms with Crippen LogP contribution in [0.3, 0.4) is 0 Å². The van der Waals surface area contributed by atoms with E-state index < -0.39 is 6.10 Å². The van der Waals surface area contributed by atoms with Crippen molar-refractivity contribution in [2.24, 2.45) is 5.92 Å². The molecule has 0 aliphatic heterocycles. The Kier molecular flexibility index (Phi) is 7.61. The molecule has 1 unspecified atom stereocenters. The van der Waals surface area contributed by atoms with Gasteiger partial charge in [0, 0.05) is 17.8 Å². The van der Waals surface area contributed by atoms with Gasteiger partial charge in [0.1, 0.15) is 5.75 Å². The maximum Gasteiger partial charge on any atom is 0.265 e. The molecule has 0 heterocycles. The molecule has 0 spiro atoms. The van der Waals surface area contributed by atoms with Gasteiger partial charge in [-0.2, -0.15) is 0 Å². The fraction of sp³-hybridized carbons (Fsp3) is 0.391. The average molecular weight is 383 g/mol. The van der Waals surface area contributed by atoms with Crippen molar-refractivity contribution in [3.8, 4) is 5.75 Å². The van der Waals surface area contributed by atoms with Crippen LogP contribution in [0.2, 0.25) is 0 Å². The summed E-state index contributed by atoms with van der Waals surface area (Å²) in [6.07, 6.45) is -0.152. The lowest BCUT2D eigenvalue weighted by Crippen LogP contribution is -2.30. The minimum Gasteiger partial charge on any atom is -0.481 e. The maximum absolute atomic E-state index is 12.4. The molecule has 0 fully saturated rings. The van der Waals surface area contributed by atoms with Crippen molar-refractivity contribution in [2.45, 2.75) is 53.1 Å². The van der Waals surface area contributed by atoms with Crippen LogP contribution in [0.1, 0.15) is 52.5 Å². The molecule has 0 saturated heterocycles. The molecule has 0 saturated carbocycles. The molecule has 0 radical (unpaired) electrons. The first-order valence-electron chi connectivity index (χ1n) is 9.72. The molecule has 2 aromatic carbocycles. The number of anilines is 2. The lowest BCUT2D eigenvalue weighted by atomic mass is 10.0. The normalized spacial score (nSPS) is 12.0. The van der Waals surface area contributed by atoms with Gasteiger partial charge in [0.2, 0.25) is 5.91 Å². The van der Waals surface area contributed by atoms with E-state index in [9.17, 15) is 9.59 Å². The van der Waals surface area contributed by atoms with Gasteiger partial charge in [0.15, 0.2) is 6.10 Å². The van der Waals surface area contributed by atoms with Crippen LogP contribution in [-0.2, 0) is 9.59 Å². The SMILES string of the molecule is CC(C)CC(=O)Nc1ccc(NC(=O)C(C)Oc2ccc(C(C)C)cc2)cc1. The summed E-state index contributed by atoms with van der Waals surface area (Å²) >= 11 is 0. The number of hydrogen-bond donors (Lipinski definition) is 2. The zero-order chi connectivity index (χ0) is 20.7. The number of hydrogen-bond acceptors (Lipinski definition) is 3. The van der Waals surface area contributed by atoms with Crippen molar-refractivity contribution >= 4 is 23.2 Å². The molecule has 0 aliphatic carbocycles. The van der Waals surface area contributed by atoms with Crippen molar-refractivity contribution in [2.75, 3.05) is 10.6 Å². The Bertz CT molecular complexity index is 780. The van der Waals surface area contributed by atoms with Gasteiger partial charge in [0.25, 0.3) is 5.91 Å². The van der Waals surface area contributed by atoms with Crippen LogP contribution >= 0.6 is 0 Å². The molecule has 28 heavy (non-hydrogen) atoms. The fourth-order valence-corrected chi connectivity index (χ4v) is 2.65. The second-order valence-electron chi connectivity index (χ2n) is 7.70. The fourth-order valence-electron chi connectivity index (χ4n) is 2.65. The van der Waals surface area contributed by atoms with Crippen molar-refractivity contribution in [1.29, 1.82) is 0 Å². The van der Waals surface area contributed by atoms with Crippen molar-refractivity contribution in [3.63, 3.8) is 0 Å². The summed E-state index contributed by atoms with van der Waals surface area (Å²) in [7, 11) is 0. The van der Waals surface area contributed by atoms with Gasteiger partial charge >= 0.3 is 0 Å². The molecule has 0 aromatic heterocycles. The summed E-state index contributed by atoms with van der Waals surface area (Å²) in [6.45, 7) is 9.98. The highest BCUT2D eigenvalue weighted by Gasteiger charge is 2.15. The number of nitrogens with one attached hydrogen (secondary N) is 2. The summed E-state index contributed by atoms with van der Waals surface area (Å²) < 4.78 is 5.73. The first-order valence-corrected chi connectivity index (χ1v) is 9.72. The molecule has 0 bridgehead atoms. The van der Waals surface area contributed by atoms with Crippen LogP contribution in [0.15, 0.2) is 48.5 Å². The molecule has 2 amide bonds. The molecule has 5 heteroatoms. The van der Waals surface area contributed by atoms with Crippen LogP contribution in [0.4, 0.5) is 11.4 Å². The average Bonchev–Trinajstić information content (AvgIpc) is 2.63. The lowest BCUT2D eigenvalue weighted by molar-refractivity contribution is -0.122. The standard InChI is InChI=1S/C23H30N2O3/c1-15(2)14-22(26)24-19-8-10-20(11-9-19)25-23(27)17(5)28-21-12-6-18(7-13-21)16(3)4/h6-13,15-17H,14H2,1-5H3,(H,24,26)(H,25,27). The smallest absolute Gasteiger partial charge is 0.265 e. The Balaban J connectivity index is 1.88. The first-order chi connectivity index (χ1) is 13.2.